The fourth-order valence-corrected chi connectivity index (χ4v) is 2.65. The van der Waals surface area contributed by atoms with Crippen molar-refractivity contribution in [3.8, 4) is 0 Å². The van der Waals surface area contributed by atoms with Crippen LogP contribution >= 0.6 is 27.7 Å². The molecule has 1 aromatic rings. The highest BCUT2D eigenvalue weighted by Gasteiger charge is 2.03. The summed E-state index contributed by atoms with van der Waals surface area (Å²) in [4.78, 5) is 11.2. The van der Waals surface area contributed by atoms with Gasteiger partial charge in [0.1, 0.15) is 0 Å². The van der Waals surface area contributed by atoms with Gasteiger partial charge in [0.05, 0.1) is 6.42 Å². The van der Waals surface area contributed by atoms with Gasteiger partial charge in [-0.25, -0.2) is 0 Å². The normalized spacial score (nSPS) is 11.3. The molecule has 1 unspecified atom stereocenters. The minimum Gasteiger partial charge on any atom is -0.481 e. The number of carbonyl (C=O) groups is 1. The molecular formula is C14H21BrO3S. The standard InChI is InChI=1S/C9H11BrS.C5H10O3/c10-7-4-8-11-9-5-2-1-3-6-9;1-4(3-6)2-5(7)8/h1-3,5-6H,4,7-8H2;4,6H,2-3H2,1H3,(H,7,8). The molecule has 3 nitrogen and oxygen atoms in total. The number of thioether (sulfide) groups is 1. The van der Waals surface area contributed by atoms with Crippen LogP contribution in [0.2, 0.25) is 0 Å². The molecule has 19 heavy (non-hydrogen) atoms. The van der Waals surface area contributed by atoms with Crippen LogP contribution in [0.25, 0.3) is 0 Å². The van der Waals surface area contributed by atoms with E-state index in [9.17, 15) is 4.79 Å². The second-order valence-electron chi connectivity index (χ2n) is 4.09. The molecule has 0 amide bonds. The maximum absolute atomic E-state index is 9.86. The monoisotopic (exact) mass is 348 g/mol. The number of hydrogen-bond donors (Lipinski definition) is 2. The fourth-order valence-electron chi connectivity index (χ4n) is 1.12. The third-order valence-electron chi connectivity index (χ3n) is 2.12. The summed E-state index contributed by atoms with van der Waals surface area (Å²) >= 11 is 5.32. The molecule has 0 fully saturated rings. The van der Waals surface area contributed by atoms with Gasteiger partial charge in [0.15, 0.2) is 0 Å². The minimum atomic E-state index is -0.855. The molecule has 1 atom stereocenters. The lowest BCUT2D eigenvalue weighted by molar-refractivity contribution is -0.138. The van der Waals surface area contributed by atoms with Crippen molar-refractivity contribution >= 4 is 33.7 Å². The quantitative estimate of drug-likeness (QED) is 0.448. The maximum atomic E-state index is 9.86. The van der Waals surface area contributed by atoms with Gasteiger partial charge in [0.2, 0.25) is 0 Å². The van der Waals surface area contributed by atoms with E-state index in [1.165, 1.54) is 17.1 Å². The molecule has 0 aliphatic rings. The molecular weight excluding hydrogens is 328 g/mol. The maximum Gasteiger partial charge on any atom is 0.303 e. The lowest BCUT2D eigenvalue weighted by atomic mass is 10.1. The summed E-state index contributed by atoms with van der Waals surface area (Å²) in [6, 6.07) is 10.5. The predicted molar refractivity (Wildman–Crippen MR) is 84.1 cm³/mol. The lowest BCUT2D eigenvalue weighted by Gasteiger charge is -2.00. The predicted octanol–water partition coefficient (Wildman–Crippen LogP) is 3.65. The van der Waals surface area contributed by atoms with Crippen molar-refractivity contribution in [2.24, 2.45) is 5.92 Å². The molecule has 1 aromatic carbocycles. The van der Waals surface area contributed by atoms with Gasteiger partial charge in [-0.15, -0.1) is 11.8 Å². The summed E-state index contributed by atoms with van der Waals surface area (Å²) in [6.45, 7) is 1.64. The van der Waals surface area contributed by atoms with E-state index >= 15 is 0 Å². The summed E-state index contributed by atoms with van der Waals surface area (Å²) < 4.78 is 0. The third-order valence-corrected chi connectivity index (χ3v) is 3.78. The van der Waals surface area contributed by atoms with Crippen molar-refractivity contribution in [3.63, 3.8) is 0 Å². The van der Waals surface area contributed by atoms with Gasteiger partial charge >= 0.3 is 5.97 Å². The van der Waals surface area contributed by atoms with Crippen molar-refractivity contribution in [3.05, 3.63) is 30.3 Å². The van der Waals surface area contributed by atoms with E-state index in [-0.39, 0.29) is 18.9 Å². The molecule has 108 valence electrons. The summed E-state index contributed by atoms with van der Waals surface area (Å²) in [6.07, 6.45) is 1.29. The second kappa shape index (κ2) is 12.5. The van der Waals surface area contributed by atoms with Crippen LogP contribution in [0.4, 0.5) is 0 Å². The molecule has 0 heterocycles. The largest absolute Gasteiger partial charge is 0.481 e. The number of halogens is 1. The molecule has 0 spiro atoms. The van der Waals surface area contributed by atoms with Crippen molar-refractivity contribution in [1.82, 2.24) is 0 Å². The molecule has 1 rings (SSSR count). The van der Waals surface area contributed by atoms with Gasteiger partial charge < -0.3 is 10.2 Å². The number of hydrogen-bond acceptors (Lipinski definition) is 3. The lowest BCUT2D eigenvalue weighted by Crippen LogP contribution is -2.07. The fraction of sp³-hybridized carbons (Fsp3) is 0.500. The molecule has 5 heteroatoms. The average molecular weight is 349 g/mol. The number of aliphatic carboxylic acids is 1. The molecule has 0 saturated carbocycles. The van der Waals surface area contributed by atoms with E-state index in [1.807, 2.05) is 11.8 Å². The Balaban J connectivity index is 0.000000362. The van der Waals surface area contributed by atoms with Gasteiger partial charge in [-0.3, -0.25) is 4.79 Å². The molecule has 0 aliphatic carbocycles. The highest BCUT2D eigenvalue weighted by atomic mass is 79.9. The first kappa shape index (κ1) is 18.5. The van der Waals surface area contributed by atoms with Crippen LogP contribution < -0.4 is 0 Å². The van der Waals surface area contributed by atoms with Gasteiger partial charge in [0, 0.05) is 16.8 Å². The molecule has 0 bridgehead atoms. The molecule has 0 radical (unpaired) electrons. The Morgan fingerprint density at radius 1 is 1.37 bits per heavy atom. The first-order chi connectivity index (χ1) is 9.10. The number of aliphatic hydroxyl groups excluding tert-OH is 1. The van der Waals surface area contributed by atoms with Gasteiger partial charge in [-0.1, -0.05) is 41.1 Å². The van der Waals surface area contributed by atoms with Crippen LogP contribution in [0.5, 0.6) is 0 Å². The number of benzene rings is 1. The Bertz CT molecular complexity index is 333. The van der Waals surface area contributed by atoms with Crippen molar-refractivity contribution in [1.29, 1.82) is 0 Å². The second-order valence-corrected chi connectivity index (χ2v) is 6.05. The van der Waals surface area contributed by atoms with Crippen LogP contribution in [-0.2, 0) is 4.79 Å². The molecule has 0 saturated heterocycles. The summed E-state index contributed by atoms with van der Waals surface area (Å²) in [5.41, 5.74) is 0. The minimum absolute atomic E-state index is 0.0493. The zero-order valence-corrected chi connectivity index (χ0v) is 13.5. The van der Waals surface area contributed by atoms with E-state index in [4.69, 9.17) is 10.2 Å². The van der Waals surface area contributed by atoms with E-state index in [1.54, 1.807) is 6.92 Å². The zero-order chi connectivity index (χ0) is 14.5. The Morgan fingerprint density at radius 2 is 2.00 bits per heavy atom. The van der Waals surface area contributed by atoms with E-state index < -0.39 is 5.97 Å². The SMILES string of the molecule is BrCCCSc1ccccc1.CC(CO)CC(=O)O. The van der Waals surface area contributed by atoms with Crippen molar-refractivity contribution in [2.75, 3.05) is 17.7 Å². The summed E-state index contributed by atoms with van der Waals surface area (Å²) in [5.74, 6) is 0.231. The Hall–Kier alpha value is -0.520. The van der Waals surface area contributed by atoms with E-state index in [2.05, 4.69) is 46.3 Å². The number of aliphatic hydroxyl groups is 1. The van der Waals surface area contributed by atoms with Crippen LogP contribution in [-0.4, -0.2) is 33.9 Å². The summed E-state index contributed by atoms with van der Waals surface area (Å²) in [5, 5.41) is 17.5. The van der Waals surface area contributed by atoms with Crippen LogP contribution in [0, 0.1) is 5.92 Å². The van der Waals surface area contributed by atoms with Crippen molar-refractivity contribution < 1.29 is 15.0 Å². The number of alkyl halides is 1. The van der Waals surface area contributed by atoms with Gasteiger partial charge in [0.25, 0.3) is 0 Å². The van der Waals surface area contributed by atoms with Crippen LogP contribution in [0.1, 0.15) is 19.8 Å². The smallest absolute Gasteiger partial charge is 0.303 e. The van der Waals surface area contributed by atoms with E-state index in [0.717, 1.165) is 5.33 Å². The topological polar surface area (TPSA) is 57.5 Å². The number of carboxylic acid groups (broad SMARTS) is 1. The number of rotatable bonds is 7. The highest BCUT2D eigenvalue weighted by molar-refractivity contribution is 9.09. The first-order valence-electron chi connectivity index (χ1n) is 6.16. The number of carboxylic acids is 1. The zero-order valence-electron chi connectivity index (χ0n) is 11.1. The van der Waals surface area contributed by atoms with Gasteiger partial charge in [-0.2, -0.15) is 0 Å². The Labute approximate surface area is 127 Å². The molecule has 2 N–H and O–H groups in total. The van der Waals surface area contributed by atoms with Crippen LogP contribution in [0.3, 0.4) is 0 Å². The summed E-state index contributed by atoms with van der Waals surface area (Å²) in [7, 11) is 0. The Morgan fingerprint density at radius 3 is 2.42 bits per heavy atom. The van der Waals surface area contributed by atoms with Crippen LogP contribution in [0.15, 0.2) is 35.2 Å². The highest BCUT2D eigenvalue weighted by Crippen LogP contribution is 2.17. The third kappa shape index (κ3) is 12.3. The first-order valence-corrected chi connectivity index (χ1v) is 8.27. The Kier molecular flexibility index (Phi) is 12.2. The molecule has 0 aromatic heterocycles. The molecule has 0 aliphatic heterocycles. The average Bonchev–Trinajstić information content (AvgIpc) is 2.40. The van der Waals surface area contributed by atoms with Crippen molar-refractivity contribution in [2.45, 2.75) is 24.7 Å². The van der Waals surface area contributed by atoms with Gasteiger partial charge in [-0.05, 0) is 30.2 Å². The van der Waals surface area contributed by atoms with E-state index in [0.29, 0.717) is 0 Å².